The molecule has 9 heteroatoms. The van der Waals surface area contributed by atoms with Crippen LogP contribution in [0.25, 0.3) is 0 Å². The molecule has 1 atom stereocenters. The van der Waals surface area contributed by atoms with Gasteiger partial charge in [-0.1, -0.05) is 23.8 Å². The van der Waals surface area contributed by atoms with Crippen molar-refractivity contribution in [3.8, 4) is 17.2 Å². The van der Waals surface area contributed by atoms with Gasteiger partial charge < -0.3 is 28.8 Å². The number of rotatable bonds is 11. The van der Waals surface area contributed by atoms with Crippen molar-refractivity contribution in [3.63, 3.8) is 0 Å². The summed E-state index contributed by atoms with van der Waals surface area (Å²) in [6.07, 6.45) is 6.33. The van der Waals surface area contributed by atoms with Crippen LogP contribution in [0, 0.1) is 6.92 Å². The molecule has 0 saturated carbocycles. The van der Waals surface area contributed by atoms with Gasteiger partial charge in [-0.2, -0.15) is 0 Å². The average molecular weight is 523 g/mol. The quantitative estimate of drug-likeness (QED) is 0.387. The third kappa shape index (κ3) is 7.72. The van der Waals surface area contributed by atoms with Crippen LogP contribution in [0.1, 0.15) is 24.5 Å². The average Bonchev–Trinajstić information content (AvgIpc) is 3.36. The van der Waals surface area contributed by atoms with Crippen LogP contribution in [0.5, 0.6) is 17.2 Å². The Hall–Kier alpha value is -3.56. The van der Waals surface area contributed by atoms with E-state index in [1.165, 1.54) is 6.92 Å². The summed E-state index contributed by atoms with van der Waals surface area (Å²) < 4.78 is 19.6. The van der Waals surface area contributed by atoms with Gasteiger partial charge in [-0.15, -0.1) is 0 Å². The van der Waals surface area contributed by atoms with Crippen LogP contribution >= 0.6 is 0 Å². The molecule has 1 fully saturated rings. The number of hydrogen-bond acceptors (Lipinski definition) is 7. The first-order valence-corrected chi connectivity index (χ1v) is 13.0. The fourth-order valence-corrected chi connectivity index (χ4v) is 4.63. The van der Waals surface area contributed by atoms with Crippen molar-refractivity contribution in [1.29, 1.82) is 0 Å². The van der Waals surface area contributed by atoms with Gasteiger partial charge in [0.05, 0.1) is 26.6 Å². The first kappa shape index (κ1) is 27.5. The van der Waals surface area contributed by atoms with Crippen LogP contribution in [0.15, 0.2) is 61.2 Å². The lowest BCUT2D eigenvalue weighted by Crippen LogP contribution is -2.51. The zero-order valence-corrected chi connectivity index (χ0v) is 22.5. The summed E-state index contributed by atoms with van der Waals surface area (Å²) in [4.78, 5) is 20.2. The lowest BCUT2D eigenvalue weighted by atomic mass is 10.0. The second-order valence-electron chi connectivity index (χ2n) is 9.97. The van der Waals surface area contributed by atoms with E-state index >= 15 is 0 Å². The zero-order valence-electron chi connectivity index (χ0n) is 22.5. The monoisotopic (exact) mass is 522 g/mol. The van der Waals surface area contributed by atoms with Crippen molar-refractivity contribution in [2.75, 3.05) is 46.5 Å². The summed E-state index contributed by atoms with van der Waals surface area (Å²) in [5.41, 5.74) is 0.959. The fourth-order valence-electron chi connectivity index (χ4n) is 4.63. The molecule has 9 nitrogen and oxygen atoms in total. The number of β-amino-alcohol motifs (C(OH)–C–C–N with tert-alkyl or cyclic N) is 1. The van der Waals surface area contributed by atoms with Gasteiger partial charge in [-0.3, -0.25) is 9.69 Å². The van der Waals surface area contributed by atoms with E-state index in [-0.39, 0.29) is 19.1 Å². The van der Waals surface area contributed by atoms with E-state index in [0.29, 0.717) is 50.0 Å². The molecule has 4 rings (SSSR count). The minimum absolute atomic E-state index is 0.0589. The Kier molecular flexibility index (Phi) is 9.25. The Morgan fingerprint density at radius 3 is 2.61 bits per heavy atom. The van der Waals surface area contributed by atoms with E-state index in [2.05, 4.69) is 9.88 Å². The van der Waals surface area contributed by atoms with E-state index in [1.807, 2.05) is 60.2 Å². The SMILES string of the molecule is COc1ccc(CN2CCN(C(C)=O)C[C@](O)(COc3ccc(C)cc3)C2)cc1OCCCn1ccnc1. The maximum Gasteiger partial charge on any atom is 0.219 e. The molecular weight excluding hydrogens is 484 g/mol. The van der Waals surface area contributed by atoms with Crippen LogP contribution in [0.2, 0.25) is 0 Å². The van der Waals surface area contributed by atoms with Crippen molar-refractivity contribution in [1.82, 2.24) is 19.4 Å². The second kappa shape index (κ2) is 12.8. The molecule has 1 N–H and O–H groups in total. The summed E-state index contributed by atoms with van der Waals surface area (Å²) in [7, 11) is 1.63. The summed E-state index contributed by atoms with van der Waals surface area (Å²) >= 11 is 0. The van der Waals surface area contributed by atoms with Gasteiger partial charge in [-0.05, 0) is 43.2 Å². The molecule has 0 spiro atoms. The fraction of sp³-hybridized carbons (Fsp3) is 0.448. The van der Waals surface area contributed by atoms with Gasteiger partial charge in [0.2, 0.25) is 5.91 Å². The lowest BCUT2D eigenvalue weighted by Gasteiger charge is -2.32. The van der Waals surface area contributed by atoms with Gasteiger partial charge in [0.15, 0.2) is 11.5 Å². The molecule has 2 aromatic carbocycles. The van der Waals surface area contributed by atoms with Gasteiger partial charge in [0, 0.05) is 52.0 Å². The molecule has 1 aliphatic heterocycles. The molecule has 1 aromatic heterocycles. The number of hydrogen-bond donors (Lipinski definition) is 1. The molecule has 2 heterocycles. The van der Waals surface area contributed by atoms with Crippen molar-refractivity contribution in [3.05, 3.63) is 72.3 Å². The Labute approximate surface area is 224 Å². The summed E-state index contributed by atoms with van der Waals surface area (Å²) in [6.45, 7) is 7.37. The van der Waals surface area contributed by atoms with Crippen LogP contribution in [0.3, 0.4) is 0 Å². The van der Waals surface area contributed by atoms with Crippen molar-refractivity contribution < 1.29 is 24.1 Å². The van der Waals surface area contributed by atoms with Crippen LogP contribution in [-0.4, -0.2) is 82.5 Å². The number of aromatic nitrogens is 2. The van der Waals surface area contributed by atoms with Crippen LogP contribution in [-0.2, 0) is 17.9 Å². The number of benzene rings is 2. The number of amides is 1. The Morgan fingerprint density at radius 1 is 1.08 bits per heavy atom. The number of carbonyl (C=O) groups excluding carboxylic acids is 1. The first-order chi connectivity index (χ1) is 18.3. The maximum absolute atomic E-state index is 12.3. The standard InChI is InChI=1S/C29H38N4O5/c1-23-5-8-26(9-6-23)38-21-29(35)19-32(14-15-33(20-29)24(2)34)18-25-7-10-27(36-3)28(17-25)37-16-4-12-31-13-11-30-22-31/h5-11,13,17,22,35H,4,12,14-16,18-21H2,1-3H3/t29-/m0/s1. The highest BCUT2D eigenvalue weighted by Gasteiger charge is 2.37. The topological polar surface area (TPSA) is 89.3 Å². The Balaban J connectivity index is 1.41. The molecule has 38 heavy (non-hydrogen) atoms. The molecule has 0 unspecified atom stereocenters. The highest BCUT2D eigenvalue weighted by atomic mass is 16.5. The van der Waals surface area contributed by atoms with Crippen molar-refractivity contribution in [2.45, 2.75) is 39.0 Å². The predicted molar refractivity (Wildman–Crippen MR) is 144 cm³/mol. The molecule has 204 valence electrons. The normalized spacial score (nSPS) is 18.2. The molecule has 1 aliphatic rings. The largest absolute Gasteiger partial charge is 0.493 e. The molecule has 0 bridgehead atoms. The molecule has 0 radical (unpaired) electrons. The number of ether oxygens (including phenoxy) is 3. The highest BCUT2D eigenvalue weighted by Crippen LogP contribution is 2.29. The van der Waals surface area contributed by atoms with Crippen LogP contribution in [0.4, 0.5) is 0 Å². The number of nitrogens with zero attached hydrogens (tertiary/aromatic N) is 4. The minimum Gasteiger partial charge on any atom is -0.493 e. The maximum atomic E-state index is 12.3. The number of aryl methyl sites for hydroxylation is 2. The number of methoxy groups -OCH3 is 1. The van der Waals surface area contributed by atoms with E-state index < -0.39 is 5.60 Å². The predicted octanol–water partition coefficient (Wildman–Crippen LogP) is 3.14. The zero-order chi connectivity index (χ0) is 27.0. The van der Waals surface area contributed by atoms with E-state index in [4.69, 9.17) is 14.2 Å². The number of carbonyl (C=O) groups is 1. The van der Waals surface area contributed by atoms with Gasteiger partial charge in [0.25, 0.3) is 0 Å². The number of aliphatic hydroxyl groups is 1. The Morgan fingerprint density at radius 2 is 1.89 bits per heavy atom. The van der Waals surface area contributed by atoms with Crippen LogP contribution < -0.4 is 14.2 Å². The summed E-state index contributed by atoms with van der Waals surface area (Å²) in [5.74, 6) is 2.00. The first-order valence-electron chi connectivity index (χ1n) is 13.0. The molecular formula is C29H38N4O5. The lowest BCUT2D eigenvalue weighted by molar-refractivity contribution is -0.132. The molecule has 1 saturated heterocycles. The number of imidazole rings is 1. The van der Waals surface area contributed by atoms with Gasteiger partial charge in [-0.25, -0.2) is 4.98 Å². The third-order valence-corrected chi connectivity index (χ3v) is 6.67. The summed E-state index contributed by atoms with van der Waals surface area (Å²) in [6, 6.07) is 13.6. The minimum atomic E-state index is -1.22. The highest BCUT2D eigenvalue weighted by molar-refractivity contribution is 5.73. The van der Waals surface area contributed by atoms with Gasteiger partial charge in [0.1, 0.15) is 18.0 Å². The summed E-state index contributed by atoms with van der Waals surface area (Å²) in [5, 5.41) is 11.6. The smallest absolute Gasteiger partial charge is 0.219 e. The third-order valence-electron chi connectivity index (χ3n) is 6.67. The molecule has 3 aromatic rings. The van der Waals surface area contributed by atoms with Gasteiger partial charge >= 0.3 is 0 Å². The van der Waals surface area contributed by atoms with E-state index in [9.17, 15) is 9.90 Å². The van der Waals surface area contributed by atoms with Crippen molar-refractivity contribution in [2.24, 2.45) is 0 Å². The van der Waals surface area contributed by atoms with E-state index in [1.54, 1.807) is 24.5 Å². The van der Waals surface area contributed by atoms with E-state index in [0.717, 1.165) is 24.1 Å². The second-order valence-corrected chi connectivity index (χ2v) is 9.97. The Bertz CT molecular complexity index is 1170. The molecule has 0 aliphatic carbocycles. The molecule has 1 amide bonds. The van der Waals surface area contributed by atoms with Crippen molar-refractivity contribution >= 4 is 5.91 Å².